The number of hydrogen-bond acceptors (Lipinski definition) is 4. The van der Waals surface area contributed by atoms with E-state index in [0.717, 1.165) is 31.6 Å². The molecule has 2 rings (SSSR count). The fraction of sp³-hybridized carbons (Fsp3) is 0.684. The lowest BCUT2D eigenvalue weighted by Gasteiger charge is -2.31. The molecule has 1 saturated heterocycles. The summed E-state index contributed by atoms with van der Waals surface area (Å²) < 4.78 is 0. The van der Waals surface area contributed by atoms with Crippen molar-refractivity contribution in [3.05, 3.63) is 22.4 Å². The largest absolute Gasteiger partial charge is 0.383 e. The summed E-state index contributed by atoms with van der Waals surface area (Å²) in [6.45, 7) is 9.23. The molecular weight excluding hydrogens is 475 g/mol. The smallest absolute Gasteiger partial charge is 0.224 e. The van der Waals surface area contributed by atoms with Gasteiger partial charge < -0.3 is 20.6 Å². The molecule has 0 aromatic carbocycles. The van der Waals surface area contributed by atoms with Crippen LogP contribution in [0.15, 0.2) is 21.8 Å². The van der Waals surface area contributed by atoms with Gasteiger partial charge in [0.1, 0.15) is 5.60 Å². The van der Waals surface area contributed by atoms with Gasteiger partial charge >= 0.3 is 0 Å². The average molecular weight is 508 g/mol. The van der Waals surface area contributed by atoms with Gasteiger partial charge in [-0.25, -0.2) is 4.99 Å². The first-order valence-electron chi connectivity index (χ1n) is 9.47. The summed E-state index contributed by atoms with van der Waals surface area (Å²) in [5, 5.41) is 20.8. The Morgan fingerprint density at radius 2 is 2.26 bits per heavy atom. The molecule has 0 spiro atoms. The highest BCUT2D eigenvalue weighted by atomic mass is 127. The Hall–Kier alpha value is -0.870. The van der Waals surface area contributed by atoms with E-state index in [9.17, 15) is 9.90 Å². The van der Waals surface area contributed by atoms with Gasteiger partial charge in [0.2, 0.25) is 5.91 Å². The molecule has 6 nitrogen and oxygen atoms in total. The monoisotopic (exact) mass is 508 g/mol. The molecule has 1 amide bonds. The van der Waals surface area contributed by atoms with Crippen LogP contribution in [0.4, 0.5) is 0 Å². The van der Waals surface area contributed by atoms with Crippen molar-refractivity contribution in [3.63, 3.8) is 0 Å². The minimum Gasteiger partial charge on any atom is -0.383 e. The maximum Gasteiger partial charge on any atom is 0.224 e. The average Bonchev–Trinajstić information content (AvgIpc) is 3.15. The Morgan fingerprint density at radius 1 is 1.48 bits per heavy atom. The van der Waals surface area contributed by atoms with Gasteiger partial charge in [0.05, 0.1) is 6.54 Å². The Labute approximate surface area is 183 Å². The van der Waals surface area contributed by atoms with E-state index in [1.807, 2.05) is 28.7 Å². The molecule has 2 atom stereocenters. The number of aliphatic hydroxyl groups is 1. The van der Waals surface area contributed by atoms with Gasteiger partial charge in [-0.2, -0.15) is 11.3 Å². The minimum atomic E-state index is -0.998. The zero-order chi connectivity index (χ0) is 19.0. The van der Waals surface area contributed by atoms with Gasteiger partial charge in [0, 0.05) is 32.6 Å². The van der Waals surface area contributed by atoms with Crippen molar-refractivity contribution in [2.75, 3.05) is 32.7 Å². The molecule has 0 radical (unpaired) electrons. The number of carbonyl (C=O) groups is 1. The molecule has 1 aromatic heterocycles. The van der Waals surface area contributed by atoms with Crippen LogP contribution in [-0.4, -0.2) is 54.6 Å². The zero-order valence-corrected chi connectivity index (χ0v) is 19.7. The van der Waals surface area contributed by atoms with Crippen LogP contribution in [0, 0.1) is 5.92 Å². The van der Waals surface area contributed by atoms with E-state index in [4.69, 9.17) is 0 Å². The van der Waals surface area contributed by atoms with Crippen LogP contribution in [0.5, 0.6) is 0 Å². The molecular formula is C19H33IN4O2S. The maximum absolute atomic E-state index is 12.3. The van der Waals surface area contributed by atoms with E-state index >= 15 is 0 Å². The van der Waals surface area contributed by atoms with E-state index in [-0.39, 0.29) is 36.4 Å². The molecule has 0 saturated carbocycles. The van der Waals surface area contributed by atoms with Gasteiger partial charge in [-0.1, -0.05) is 6.92 Å². The number of piperidine rings is 1. The highest BCUT2D eigenvalue weighted by Gasteiger charge is 2.23. The third kappa shape index (κ3) is 7.95. The second-order valence-electron chi connectivity index (χ2n) is 7.24. The molecule has 3 N–H and O–H groups in total. The fourth-order valence-electron chi connectivity index (χ4n) is 3.10. The number of thiophene rings is 1. The number of aliphatic imine (C=N–C) groups is 1. The number of amides is 1. The third-order valence-electron chi connectivity index (χ3n) is 4.67. The number of hydrogen-bond donors (Lipinski definition) is 3. The first-order valence-corrected chi connectivity index (χ1v) is 10.4. The van der Waals surface area contributed by atoms with Gasteiger partial charge in [-0.3, -0.25) is 4.79 Å². The van der Waals surface area contributed by atoms with Crippen molar-refractivity contribution in [2.24, 2.45) is 10.9 Å². The predicted octanol–water partition coefficient (Wildman–Crippen LogP) is 2.78. The summed E-state index contributed by atoms with van der Waals surface area (Å²) in [5.74, 6) is 1.42. The molecule has 0 bridgehead atoms. The van der Waals surface area contributed by atoms with Crippen LogP contribution in [0.25, 0.3) is 0 Å². The fourth-order valence-corrected chi connectivity index (χ4v) is 3.88. The number of nitrogens with one attached hydrogen (secondary N) is 2. The molecule has 8 heteroatoms. The second-order valence-corrected chi connectivity index (χ2v) is 8.03. The number of halogens is 1. The summed E-state index contributed by atoms with van der Waals surface area (Å²) in [6, 6.07) is 1.92. The Bertz CT molecular complexity index is 593. The summed E-state index contributed by atoms with van der Waals surface area (Å²) in [7, 11) is 0. The normalized spacial score (nSPS) is 19.8. The van der Waals surface area contributed by atoms with Crippen LogP contribution in [0.1, 0.15) is 45.6 Å². The first-order chi connectivity index (χ1) is 12.4. The quantitative estimate of drug-likeness (QED) is 0.301. The van der Waals surface area contributed by atoms with Crippen molar-refractivity contribution in [1.82, 2.24) is 15.5 Å². The molecule has 1 aromatic rings. The molecule has 154 valence electrons. The number of nitrogens with zero attached hydrogens (tertiary/aromatic N) is 2. The summed E-state index contributed by atoms with van der Waals surface area (Å²) in [5.41, 5.74) is -0.126. The van der Waals surface area contributed by atoms with Crippen LogP contribution < -0.4 is 10.6 Å². The summed E-state index contributed by atoms with van der Waals surface area (Å²) >= 11 is 1.56. The van der Waals surface area contributed by atoms with Crippen LogP contribution in [-0.2, 0) is 10.4 Å². The number of likely N-dealkylation sites (tertiary alicyclic amines) is 1. The molecule has 27 heavy (non-hydrogen) atoms. The summed E-state index contributed by atoms with van der Waals surface area (Å²) in [6.07, 6.45) is 2.77. The van der Waals surface area contributed by atoms with Crippen LogP contribution in [0.2, 0.25) is 0 Å². The van der Waals surface area contributed by atoms with E-state index in [1.165, 1.54) is 6.42 Å². The third-order valence-corrected chi connectivity index (χ3v) is 5.36. The number of guanidine groups is 1. The topological polar surface area (TPSA) is 77.0 Å². The Kier molecular flexibility index (Phi) is 10.6. The van der Waals surface area contributed by atoms with Crippen molar-refractivity contribution in [1.29, 1.82) is 0 Å². The van der Waals surface area contributed by atoms with Gasteiger partial charge in [-0.15, -0.1) is 24.0 Å². The van der Waals surface area contributed by atoms with Crippen LogP contribution >= 0.6 is 35.3 Å². The molecule has 0 aliphatic carbocycles. The molecule has 2 heterocycles. The molecule has 1 aliphatic rings. The van der Waals surface area contributed by atoms with E-state index in [0.29, 0.717) is 24.8 Å². The second kappa shape index (κ2) is 11.9. The van der Waals surface area contributed by atoms with Crippen LogP contribution in [0.3, 0.4) is 0 Å². The molecule has 2 unspecified atom stereocenters. The Balaban J connectivity index is 0.00000364. The first kappa shape index (κ1) is 24.2. The van der Waals surface area contributed by atoms with E-state index in [1.54, 1.807) is 18.3 Å². The highest BCUT2D eigenvalue weighted by Crippen LogP contribution is 2.23. The lowest BCUT2D eigenvalue weighted by Crippen LogP contribution is -2.43. The van der Waals surface area contributed by atoms with Crippen molar-refractivity contribution in [2.45, 2.75) is 45.6 Å². The number of carbonyl (C=O) groups excluding carboxylic acids is 1. The van der Waals surface area contributed by atoms with E-state index < -0.39 is 5.60 Å². The lowest BCUT2D eigenvalue weighted by atomic mass is 10.00. The number of rotatable bonds is 7. The standard InChI is InChI=1S/C19H32N4O2S.HI/c1-4-20-18(22-14-19(3,25)16-8-11-26-13-16)21-9-7-17(24)23-10-5-6-15(2)12-23;/h8,11,13,15,25H,4-7,9-10,12,14H2,1-3H3,(H2,20,21,22);1H. The van der Waals surface area contributed by atoms with Crippen molar-refractivity contribution in [3.8, 4) is 0 Å². The van der Waals surface area contributed by atoms with Gasteiger partial charge in [0.25, 0.3) is 0 Å². The van der Waals surface area contributed by atoms with Gasteiger partial charge in [0.15, 0.2) is 5.96 Å². The predicted molar refractivity (Wildman–Crippen MR) is 123 cm³/mol. The maximum atomic E-state index is 12.3. The minimum absolute atomic E-state index is 0. The molecule has 1 fully saturated rings. The zero-order valence-electron chi connectivity index (χ0n) is 16.5. The van der Waals surface area contributed by atoms with E-state index in [2.05, 4.69) is 22.5 Å². The SMILES string of the molecule is CCNC(=NCC(C)(O)c1ccsc1)NCCC(=O)N1CCCC(C)C1.I. The lowest BCUT2D eigenvalue weighted by molar-refractivity contribution is -0.132. The van der Waals surface area contributed by atoms with Crippen molar-refractivity contribution >= 4 is 47.2 Å². The summed E-state index contributed by atoms with van der Waals surface area (Å²) in [4.78, 5) is 18.8. The van der Waals surface area contributed by atoms with Crippen molar-refractivity contribution < 1.29 is 9.90 Å². The molecule has 1 aliphatic heterocycles. The Morgan fingerprint density at radius 3 is 2.89 bits per heavy atom. The van der Waals surface area contributed by atoms with Gasteiger partial charge in [-0.05, 0) is 55.0 Å². The highest BCUT2D eigenvalue weighted by molar-refractivity contribution is 14.0.